The van der Waals surface area contributed by atoms with Crippen LogP contribution in [0.15, 0.2) is 140 Å². The second-order valence-corrected chi connectivity index (χ2v) is 14.2. The quantitative estimate of drug-likeness (QED) is 0.191. The summed E-state index contributed by atoms with van der Waals surface area (Å²) in [6.07, 6.45) is 0. The Bertz CT molecular complexity index is 2700. The zero-order chi connectivity index (χ0) is 32.7. The van der Waals surface area contributed by atoms with Gasteiger partial charge in [0.2, 0.25) is 5.95 Å². The van der Waals surface area contributed by atoms with Gasteiger partial charge in [0.1, 0.15) is 5.01 Å². The summed E-state index contributed by atoms with van der Waals surface area (Å²) in [4.78, 5) is 20.9. The molecule has 3 heterocycles. The number of thiazole rings is 1. The molecule has 0 fully saturated rings. The van der Waals surface area contributed by atoms with E-state index in [9.17, 15) is 0 Å². The molecule has 0 atom stereocenters. The van der Waals surface area contributed by atoms with E-state index in [-0.39, 0.29) is 5.41 Å². The van der Waals surface area contributed by atoms with Gasteiger partial charge in [0.05, 0.1) is 21.3 Å². The minimum absolute atomic E-state index is 0.145. The van der Waals surface area contributed by atoms with Gasteiger partial charge in [-0.15, -0.1) is 11.3 Å². The molecule has 232 valence electrons. The first kappa shape index (κ1) is 28.1. The number of para-hydroxylation sites is 3. The molecule has 9 aromatic rings. The maximum Gasteiger partial charge on any atom is 0.238 e. The summed E-state index contributed by atoms with van der Waals surface area (Å²) in [5.41, 5.74) is 11.0. The third-order valence-corrected chi connectivity index (χ3v) is 11.0. The fourth-order valence-corrected chi connectivity index (χ4v) is 8.53. The number of benzene rings is 6. The van der Waals surface area contributed by atoms with Crippen LogP contribution in [0.4, 0.5) is 0 Å². The molecule has 6 heteroatoms. The molecule has 1 aliphatic rings. The van der Waals surface area contributed by atoms with E-state index in [1.165, 1.54) is 22.3 Å². The van der Waals surface area contributed by atoms with Crippen molar-refractivity contribution in [3.05, 3.63) is 151 Å². The van der Waals surface area contributed by atoms with E-state index in [1.54, 1.807) is 11.3 Å². The van der Waals surface area contributed by atoms with Crippen molar-refractivity contribution in [1.82, 2.24) is 24.5 Å². The third-order valence-electron chi connectivity index (χ3n) is 9.93. The van der Waals surface area contributed by atoms with Gasteiger partial charge in [0.15, 0.2) is 11.6 Å². The predicted octanol–water partition coefficient (Wildman–Crippen LogP) is 10.9. The standard InChI is InChI=1S/C43H29N5S/c1-43(2)33-19-9-6-15-28(33)29-24-23-27(25-34(29)43)39-45-40(32-18-12-22-37-38(32)44-41(49-37)26-13-4-3-5-14-26)47-42(46-39)48-35-20-10-7-16-30(35)31-17-8-11-21-36(31)48/h3-25H,1-2H3. The predicted molar refractivity (Wildman–Crippen MR) is 201 cm³/mol. The average molecular weight is 648 g/mol. The SMILES string of the molecule is CC1(C)c2ccccc2-c2ccc(-c3nc(-c4cccc5sc(-c6ccccc6)nc45)nc(-n4c5ccccc5c5ccccc54)n3)cc21. The van der Waals surface area contributed by atoms with Crippen molar-refractivity contribution in [3.63, 3.8) is 0 Å². The van der Waals surface area contributed by atoms with Gasteiger partial charge in [0, 0.05) is 32.9 Å². The molecule has 0 amide bonds. The highest BCUT2D eigenvalue weighted by Gasteiger charge is 2.35. The number of hydrogen-bond acceptors (Lipinski definition) is 5. The summed E-state index contributed by atoms with van der Waals surface area (Å²) in [6, 6.07) is 48.9. The zero-order valence-corrected chi connectivity index (χ0v) is 27.7. The van der Waals surface area contributed by atoms with Crippen LogP contribution in [0.3, 0.4) is 0 Å². The summed E-state index contributed by atoms with van der Waals surface area (Å²) < 4.78 is 3.26. The lowest BCUT2D eigenvalue weighted by Crippen LogP contribution is -2.15. The molecule has 0 N–H and O–H groups in total. The van der Waals surface area contributed by atoms with Crippen molar-refractivity contribution < 1.29 is 0 Å². The van der Waals surface area contributed by atoms with Gasteiger partial charge in [-0.2, -0.15) is 9.97 Å². The van der Waals surface area contributed by atoms with E-state index in [0.29, 0.717) is 17.6 Å². The van der Waals surface area contributed by atoms with E-state index in [4.69, 9.17) is 19.9 Å². The van der Waals surface area contributed by atoms with Crippen LogP contribution < -0.4 is 0 Å². The summed E-state index contributed by atoms with van der Waals surface area (Å²) in [7, 11) is 0. The molecule has 0 unspecified atom stereocenters. The average Bonchev–Trinajstić information content (AvgIpc) is 3.81. The molecule has 1 aliphatic carbocycles. The summed E-state index contributed by atoms with van der Waals surface area (Å²) >= 11 is 1.69. The Balaban J connectivity index is 1.23. The van der Waals surface area contributed by atoms with E-state index < -0.39 is 0 Å². The van der Waals surface area contributed by atoms with Crippen molar-refractivity contribution >= 4 is 43.4 Å². The van der Waals surface area contributed by atoms with Crippen LogP contribution in [0.25, 0.3) is 82.4 Å². The first-order chi connectivity index (χ1) is 24.0. The molecule has 6 aromatic carbocycles. The van der Waals surface area contributed by atoms with Gasteiger partial charge < -0.3 is 0 Å². The molecule has 0 spiro atoms. The monoisotopic (exact) mass is 647 g/mol. The van der Waals surface area contributed by atoms with Crippen molar-refractivity contribution in [1.29, 1.82) is 0 Å². The number of aromatic nitrogens is 5. The first-order valence-corrected chi connectivity index (χ1v) is 17.3. The van der Waals surface area contributed by atoms with Crippen LogP contribution in [0.1, 0.15) is 25.0 Å². The maximum atomic E-state index is 5.25. The molecular weight excluding hydrogens is 619 g/mol. The summed E-state index contributed by atoms with van der Waals surface area (Å²) in [5, 5.41) is 3.29. The second-order valence-electron chi connectivity index (χ2n) is 13.1. The lowest BCUT2D eigenvalue weighted by molar-refractivity contribution is 0.660. The van der Waals surface area contributed by atoms with Crippen LogP contribution in [0.2, 0.25) is 0 Å². The van der Waals surface area contributed by atoms with Gasteiger partial charge in [0.25, 0.3) is 0 Å². The summed E-state index contributed by atoms with van der Waals surface area (Å²) in [5.74, 6) is 1.81. The highest BCUT2D eigenvalue weighted by molar-refractivity contribution is 7.21. The molecular formula is C43H29N5S. The molecule has 0 saturated carbocycles. The van der Waals surface area contributed by atoms with Crippen LogP contribution in [0.5, 0.6) is 0 Å². The van der Waals surface area contributed by atoms with Crippen LogP contribution in [0, 0.1) is 0 Å². The van der Waals surface area contributed by atoms with Crippen LogP contribution in [-0.2, 0) is 5.41 Å². The molecule has 3 aromatic heterocycles. The lowest BCUT2D eigenvalue weighted by atomic mass is 9.82. The first-order valence-electron chi connectivity index (χ1n) is 16.5. The van der Waals surface area contributed by atoms with Crippen molar-refractivity contribution in [2.75, 3.05) is 0 Å². The Morgan fingerprint density at radius 2 is 1.16 bits per heavy atom. The molecule has 0 saturated heterocycles. The summed E-state index contributed by atoms with van der Waals surface area (Å²) in [6.45, 7) is 4.61. The fourth-order valence-electron chi connectivity index (χ4n) is 7.53. The normalized spacial score (nSPS) is 13.3. The van der Waals surface area contributed by atoms with Crippen molar-refractivity contribution in [2.45, 2.75) is 19.3 Å². The Morgan fingerprint density at radius 3 is 1.96 bits per heavy atom. The maximum absolute atomic E-state index is 5.25. The highest BCUT2D eigenvalue weighted by Crippen LogP contribution is 2.49. The fraction of sp³-hybridized carbons (Fsp3) is 0.0698. The number of fused-ring (bicyclic) bond motifs is 7. The van der Waals surface area contributed by atoms with Gasteiger partial charge in [-0.25, -0.2) is 9.97 Å². The molecule has 49 heavy (non-hydrogen) atoms. The van der Waals surface area contributed by atoms with Crippen molar-refractivity contribution in [3.8, 4) is 50.4 Å². The molecule has 5 nitrogen and oxygen atoms in total. The molecule has 0 aliphatic heterocycles. The van der Waals surface area contributed by atoms with Crippen molar-refractivity contribution in [2.24, 2.45) is 0 Å². The Hall–Kier alpha value is -5.98. The lowest BCUT2D eigenvalue weighted by Gasteiger charge is -2.21. The smallest absolute Gasteiger partial charge is 0.238 e. The van der Waals surface area contributed by atoms with Gasteiger partial charge >= 0.3 is 0 Å². The molecule has 0 bridgehead atoms. The number of rotatable bonds is 4. The molecule has 10 rings (SSSR count). The Kier molecular flexibility index (Phi) is 6.02. The Morgan fingerprint density at radius 1 is 0.510 bits per heavy atom. The topological polar surface area (TPSA) is 56.5 Å². The number of nitrogens with zero attached hydrogens (tertiary/aromatic N) is 5. The largest absolute Gasteiger partial charge is 0.278 e. The Labute approximate surface area is 287 Å². The van der Waals surface area contributed by atoms with Gasteiger partial charge in [-0.05, 0) is 52.6 Å². The van der Waals surface area contributed by atoms with Gasteiger partial charge in [-0.1, -0.05) is 123 Å². The minimum atomic E-state index is -0.145. The van der Waals surface area contributed by atoms with Gasteiger partial charge in [-0.3, -0.25) is 4.57 Å². The molecule has 0 radical (unpaired) electrons. The van der Waals surface area contributed by atoms with Crippen LogP contribution >= 0.6 is 11.3 Å². The van der Waals surface area contributed by atoms with E-state index in [1.807, 2.05) is 6.07 Å². The zero-order valence-electron chi connectivity index (χ0n) is 26.9. The van der Waals surface area contributed by atoms with E-state index in [2.05, 4.69) is 152 Å². The minimum Gasteiger partial charge on any atom is -0.278 e. The van der Waals surface area contributed by atoms with E-state index >= 15 is 0 Å². The van der Waals surface area contributed by atoms with E-state index in [0.717, 1.165) is 53.7 Å². The highest BCUT2D eigenvalue weighted by atomic mass is 32.1. The number of hydrogen-bond donors (Lipinski definition) is 0. The third kappa shape index (κ3) is 4.24. The second kappa shape index (κ2) is 10.5. The van der Waals surface area contributed by atoms with Crippen LogP contribution in [-0.4, -0.2) is 24.5 Å².